The van der Waals surface area contributed by atoms with Crippen LogP contribution in [0.3, 0.4) is 0 Å². The molecule has 10 heavy (non-hydrogen) atoms. The van der Waals surface area contributed by atoms with Crippen molar-refractivity contribution in [1.82, 2.24) is 0 Å². The molecule has 0 aromatic rings. The number of rotatable bonds is 4. The van der Waals surface area contributed by atoms with E-state index in [0.717, 1.165) is 6.26 Å². The molecule has 0 aliphatic heterocycles. The summed E-state index contributed by atoms with van der Waals surface area (Å²) in [6, 6.07) is 0. The lowest BCUT2D eigenvalue weighted by Gasteiger charge is -1.83. The molecule has 0 saturated carbocycles. The molecule has 0 bridgehead atoms. The van der Waals surface area contributed by atoms with Crippen LogP contribution in [-0.4, -0.2) is 26.8 Å². The van der Waals surface area contributed by atoms with Crippen molar-refractivity contribution in [3.05, 3.63) is 0 Å². The molecule has 0 rings (SSSR count). The maximum Gasteiger partial charge on any atom is 0.524 e. The lowest BCUT2D eigenvalue weighted by molar-refractivity contribution is 0.353. The van der Waals surface area contributed by atoms with E-state index in [-0.39, 0.29) is 12.1 Å². The van der Waals surface area contributed by atoms with Gasteiger partial charge < -0.3 is 0 Å². The summed E-state index contributed by atoms with van der Waals surface area (Å²) in [6.07, 6.45) is 1.03. The van der Waals surface area contributed by atoms with Gasteiger partial charge in [-0.25, -0.2) is 8.42 Å². The Kier molecular flexibility index (Phi) is 4.01. The molecule has 60 valence electrons. The van der Waals surface area contributed by atoms with Crippen molar-refractivity contribution in [2.75, 3.05) is 18.4 Å². The highest BCUT2D eigenvalue weighted by Gasteiger charge is 2.23. The maximum absolute atomic E-state index is 10.6. The third kappa shape index (κ3) is 6.13. The van der Waals surface area contributed by atoms with Crippen molar-refractivity contribution in [2.24, 2.45) is 0 Å². The SMILES string of the molecule is CCO[P+](=O)CS(C)(=O)=O. The third-order valence-corrected chi connectivity index (χ3v) is 3.88. The van der Waals surface area contributed by atoms with Crippen LogP contribution in [0.5, 0.6) is 0 Å². The normalized spacial score (nSPS) is 13.2. The Labute approximate surface area is 61.4 Å². The zero-order valence-electron chi connectivity index (χ0n) is 5.90. The average Bonchev–Trinajstić information content (AvgIpc) is 1.59. The first-order valence-electron chi connectivity index (χ1n) is 2.71. The first-order chi connectivity index (χ1) is 4.45. The largest absolute Gasteiger partial charge is 0.524 e. The van der Waals surface area contributed by atoms with Crippen LogP contribution >= 0.6 is 8.03 Å². The minimum Gasteiger partial charge on any atom is -0.225 e. The zero-order chi connectivity index (χ0) is 8.20. The van der Waals surface area contributed by atoms with E-state index in [1.54, 1.807) is 6.92 Å². The lowest BCUT2D eigenvalue weighted by Crippen LogP contribution is -1.99. The van der Waals surface area contributed by atoms with E-state index in [0.29, 0.717) is 0 Å². The molecule has 1 atom stereocenters. The standard InChI is InChI=1S/C4H10O4PS/c1-3-8-9(5)4-10(2,6)7/h3-4H2,1-2H3/q+1. The molecule has 0 amide bonds. The molecule has 1 unspecified atom stereocenters. The summed E-state index contributed by atoms with van der Waals surface area (Å²) >= 11 is 0. The smallest absolute Gasteiger partial charge is 0.225 e. The molecule has 6 heteroatoms. The van der Waals surface area contributed by atoms with Crippen LogP contribution in [-0.2, 0) is 18.9 Å². The summed E-state index contributed by atoms with van der Waals surface area (Å²) in [5, 5.41) is 0. The van der Waals surface area contributed by atoms with Crippen LogP contribution in [0.15, 0.2) is 0 Å². The summed E-state index contributed by atoms with van der Waals surface area (Å²) < 4.78 is 36.1. The van der Waals surface area contributed by atoms with Crippen molar-refractivity contribution in [2.45, 2.75) is 6.92 Å². The molecule has 0 aromatic carbocycles. The van der Waals surface area contributed by atoms with Crippen molar-refractivity contribution in [1.29, 1.82) is 0 Å². The fourth-order valence-electron chi connectivity index (χ4n) is 0.373. The van der Waals surface area contributed by atoms with Crippen LogP contribution in [0, 0.1) is 0 Å². The molecule has 4 nitrogen and oxygen atoms in total. The van der Waals surface area contributed by atoms with Crippen LogP contribution in [0.2, 0.25) is 0 Å². The highest BCUT2D eigenvalue weighted by atomic mass is 32.2. The van der Waals surface area contributed by atoms with Gasteiger partial charge in [0.15, 0.2) is 9.84 Å². The van der Waals surface area contributed by atoms with Crippen molar-refractivity contribution in [3.63, 3.8) is 0 Å². The van der Waals surface area contributed by atoms with E-state index < -0.39 is 17.9 Å². The fraction of sp³-hybridized carbons (Fsp3) is 1.00. The van der Waals surface area contributed by atoms with E-state index in [1.165, 1.54) is 0 Å². The lowest BCUT2D eigenvalue weighted by atomic mass is 10.9. The second-order valence-corrected chi connectivity index (χ2v) is 5.61. The fourth-order valence-corrected chi connectivity index (χ4v) is 2.49. The molecule has 0 aromatic heterocycles. The Bertz CT molecular complexity index is 207. The van der Waals surface area contributed by atoms with Crippen LogP contribution in [0.25, 0.3) is 0 Å². The summed E-state index contributed by atoms with van der Waals surface area (Å²) in [7, 11) is -5.16. The number of hydrogen-bond donors (Lipinski definition) is 0. The Hall–Kier alpha value is 0.01000. The Balaban J connectivity index is 3.82. The van der Waals surface area contributed by atoms with Crippen molar-refractivity contribution >= 4 is 17.9 Å². The van der Waals surface area contributed by atoms with Crippen molar-refractivity contribution in [3.8, 4) is 0 Å². The van der Waals surface area contributed by atoms with E-state index in [2.05, 4.69) is 4.52 Å². The summed E-state index contributed by atoms with van der Waals surface area (Å²) in [5.74, 6) is 0. The molecule has 0 saturated heterocycles. The monoisotopic (exact) mass is 185 g/mol. The van der Waals surface area contributed by atoms with Crippen LogP contribution in [0.1, 0.15) is 6.92 Å². The van der Waals surface area contributed by atoms with Gasteiger partial charge in [0.25, 0.3) is 5.49 Å². The second kappa shape index (κ2) is 4.01. The highest BCUT2D eigenvalue weighted by Crippen LogP contribution is 2.22. The highest BCUT2D eigenvalue weighted by molar-refractivity contribution is 7.95. The van der Waals surface area contributed by atoms with Gasteiger partial charge in [-0.05, 0) is 11.5 Å². The first kappa shape index (κ1) is 10.0. The molecule has 0 aliphatic carbocycles. The molecule has 0 aliphatic rings. The van der Waals surface area contributed by atoms with Gasteiger partial charge in [-0.1, -0.05) is 0 Å². The molecular weight excluding hydrogens is 175 g/mol. The average molecular weight is 185 g/mol. The van der Waals surface area contributed by atoms with Gasteiger partial charge in [0, 0.05) is 6.26 Å². The summed E-state index contributed by atoms with van der Waals surface area (Å²) in [6.45, 7) is 1.94. The first-order valence-corrected chi connectivity index (χ1v) is 6.13. The molecule has 0 spiro atoms. The predicted octanol–water partition coefficient (Wildman–Crippen LogP) is 0.767. The van der Waals surface area contributed by atoms with Gasteiger partial charge in [0.1, 0.15) is 0 Å². The summed E-state index contributed by atoms with van der Waals surface area (Å²) in [4.78, 5) is 0. The van der Waals surface area contributed by atoms with Gasteiger partial charge in [-0.3, -0.25) is 0 Å². The van der Waals surface area contributed by atoms with Gasteiger partial charge in [-0.15, -0.1) is 4.52 Å². The zero-order valence-corrected chi connectivity index (χ0v) is 7.61. The van der Waals surface area contributed by atoms with Gasteiger partial charge in [-0.2, -0.15) is 0 Å². The Morgan fingerprint density at radius 1 is 1.50 bits per heavy atom. The van der Waals surface area contributed by atoms with E-state index in [4.69, 9.17) is 0 Å². The van der Waals surface area contributed by atoms with Crippen LogP contribution < -0.4 is 0 Å². The molecule has 0 radical (unpaired) electrons. The minimum absolute atomic E-state index is 0.282. The molecule has 0 fully saturated rings. The van der Waals surface area contributed by atoms with Crippen molar-refractivity contribution < 1.29 is 17.5 Å². The number of sulfone groups is 1. The van der Waals surface area contributed by atoms with Gasteiger partial charge >= 0.3 is 8.03 Å². The van der Waals surface area contributed by atoms with Crippen LogP contribution in [0.4, 0.5) is 0 Å². The quantitative estimate of drug-likeness (QED) is 0.607. The summed E-state index contributed by atoms with van der Waals surface area (Å²) in [5.41, 5.74) is -0.379. The maximum atomic E-state index is 10.6. The van der Waals surface area contributed by atoms with Gasteiger partial charge in [0.05, 0.1) is 6.61 Å². The Morgan fingerprint density at radius 2 is 2.00 bits per heavy atom. The number of hydrogen-bond acceptors (Lipinski definition) is 4. The third-order valence-electron chi connectivity index (χ3n) is 0.613. The topological polar surface area (TPSA) is 60.4 Å². The molecule has 0 heterocycles. The second-order valence-electron chi connectivity index (χ2n) is 1.81. The molecule has 0 N–H and O–H groups in total. The van der Waals surface area contributed by atoms with E-state index in [9.17, 15) is 13.0 Å². The predicted molar refractivity (Wildman–Crippen MR) is 38.9 cm³/mol. The minimum atomic E-state index is -3.15. The Morgan fingerprint density at radius 3 is 2.30 bits per heavy atom. The van der Waals surface area contributed by atoms with Gasteiger partial charge in [0.2, 0.25) is 0 Å². The van der Waals surface area contributed by atoms with E-state index in [1.807, 2.05) is 0 Å². The van der Waals surface area contributed by atoms with E-state index >= 15 is 0 Å². The molecular formula is C4H10O4PS+.